The summed E-state index contributed by atoms with van der Waals surface area (Å²) in [4.78, 5) is 11.3. The Balaban J connectivity index is 1.96. The molecule has 0 radical (unpaired) electrons. The molecule has 18 heavy (non-hydrogen) atoms. The van der Waals surface area contributed by atoms with E-state index in [-0.39, 0.29) is 12.6 Å². The number of carbonyl (C=O) groups excluding carboxylic acids is 1. The van der Waals surface area contributed by atoms with E-state index >= 15 is 0 Å². The zero-order valence-electron chi connectivity index (χ0n) is 10.6. The molecule has 0 saturated carbocycles. The van der Waals surface area contributed by atoms with Gasteiger partial charge >= 0.3 is 5.97 Å². The highest BCUT2D eigenvalue weighted by molar-refractivity contribution is 7.89. The van der Waals surface area contributed by atoms with E-state index in [0.29, 0.717) is 19.0 Å². The Kier molecular flexibility index (Phi) is 4.24. The lowest BCUT2D eigenvalue weighted by Gasteiger charge is -2.24. The standard InChI is InChI=1S/C11H20N2O4S/c1-2-17-11(14)8-18(15,16)13-6-9-4-3-5-12-10(9)7-13/h9-10,12H,2-8H2,1H3/t9-,10+/m0/s1. The second-order valence-corrected chi connectivity index (χ2v) is 6.81. The third-order valence-electron chi connectivity index (χ3n) is 3.56. The van der Waals surface area contributed by atoms with Crippen LogP contribution < -0.4 is 5.32 Å². The summed E-state index contributed by atoms with van der Waals surface area (Å²) in [6.07, 6.45) is 2.15. The van der Waals surface area contributed by atoms with Crippen LogP contribution in [-0.2, 0) is 19.6 Å². The lowest BCUT2D eigenvalue weighted by atomic mass is 9.94. The van der Waals surface area contributed by atoms with Gasteiger partial charge in [-0.05, 0) is 32.2 Å². The van der Waals surface area contributed by atoms with Crippen molar-refractivity contribution < 1.29 is 17.9 Å². The Morgan fingerprint density at radius 3 is 2.89 bits per heavy atom. The van der Waals surface area contributed by atoms with E-state index in [1.807, 2.05) is 0 Å². The Hall–Kier alpha value is -0.660. The molecule has 1 N–H and O–H groups in total. The maximum atomic E-state index is 12.1. The summed E-state index contributed by atoms with van der Waals surface area (Å²) in [7, 11) is -3.52. The predicted molar refractivity (Wildman–Crippen MR) is 66.5 cm³/mol. The molecule has 0 spiro atoms. The average Bonchev–Trinajstić information content (AvgIpc) is 2.72. The number of esters is 1. The molecule has 7 heteroatoms. The van der Waals surface area contributed by atoms with Crippen LogP contribution in [0.4, 0.5) is 0 Å². The van der Waals surface area contributed by atoms with Crippen LogP contribution in [0.15, 0.2) is 0 Å². The number of rotatable bonds is 4. The zero-order chi connectivity index (χ0) is 13.2. The number of nitrogens with one attached hydrogen (secondary N) is 1. The Bertz CT molecular complexity index is 395. The molecule has 2 aliphatic heterocycles. The molecular weight excluding hydrogens is 256 g/mol. The van der Waals surface area contributed by atoms with Crippen molar-refractivity contribution in [2.45, 2.75) is 25.8 Å². The first-order valence-electron chi connectivity index (χ1n) is 6.39. The number of carbonyl (C=O) groups is 1. The van der Waals surface area contributed by atoms with Crippen molar-refractivity contribution in [3.63, 3.8) is 0 Å². The summed E-state index contributed by atoms with van der Waals surface area (Å²) in [5.41, 5.74) is 0. The second kappa shape index (κ2) is 5.54. The third kappa shape index (κ3) is 3.02. The predicted octanol–water partition coefficient (Wildman–Crippen LogP) is -0.437. The smallest absolute Gasteiger partial charge is 0.322 e. The van der Waals surface area contributed by atoms with E-state index < -0.39 is 21.7 Å². The molecule has 0 unspecified atom stereocenters. The van der Waals surface area contributed by atoms with Crippen LogP contribution in [0.2, 0.25) is 0 Å². The van der Waals surface area contributed by atoms with Crippen molar-refractivity contribution in [2.75, 3.05) is 32.0 Å². The van der Waals surface area contributed by atoms with Gasteiger partial charge in [-0.15, -0.1) is 0 Å². The van der Waals surface area contributed by atoms with Gasteiger partial charge in [0, 0.05) is 19.1 Å². The van der Waals surface area contributed by atoms with Gasteiger partial charge in [-0.2, -0.15) is 4.31 Å². The fraction of sp³-hybridized carbons (Fsp3) is 0.909. The minimum atomic E-state index is -3.52. The molecule has 2 aliphatic rings. The van der Waals surface area contributed by atoms with Crippen LogP contribution in [-0.4, -0.2) is 56.7 Å². The molecule has 104 valence electrons. The Labute approximate surface area is 108 Å². The second-order valence-electron chi connectivity index (χ2n) is 4.84. The van der Waals surface area contributed by atoms with Crippen LogP contribution in [0, 0.1) is 5.92 Å². The number of fused-ring (bicyclic) bond motifs is 1. The normalized spacial score (nSPS) is 28.9. The van der Waals surface area contributed by atoms with E-state index in [1.165, 1.54) is 4.31 Å². The van der Waals surface area contributed by atoms with E-state index in [1.54, 1.807) is 6.92 Å². The van der Waals surface area contributed by atoms with Crippen molar-refractivity contribution in [1.82, 2.24) is 9.62 Å². The van der Waals surface area contributed by atoms with Gasteiger partial charge in [-0.3, -0.25) is 4.79 Å². The minimum Gasteiger partial charge on any atom is -0.465 e. The molecule has 2 atom stereocenters. The van der Waals surface area contributed by atoms with Crippen LogP contribution in [0.25, 0.3) is 0 Å². The maximum Gasteiger partial charge on any atom is 0.322 e. The summed E-state index contributed by atoms with van der Waals surface area (Å²) >= 11 is 0. The SMILES string of the molecule is CCOC(=O)CS(=O)(=O)N1C[C@@H]2CCCN[C@@H]2C1. The lowest BCUT2D eigenvalue weighted by molar-refractivity contribution is -0.140. The molecule has 0 aliphatic carbocycles. The number of piperidine rings is 1. The zero-order valence-corrected chi connectivity index (χ0v) is 11.4. The monoisotopic (exact) mass is 276 g/mol. The highest BCUT2D eigenvalue weighted by Gasteiger charge is 2.40. The first-order chi connectivity index (χ1) is 8.53. The quantitative estimate of drug-likeness (QED) is 0.705. The van der Waals surface area contributed by atoms with Gasteiger partial charge in [0.05, 0.1) is 6.61 Å². The average molecular weight is 276 g/mol. The summed E-state index contributed by atoms with van der Waals surface area (Å²) in [6, 6.07) is 0.246. The van der Waals surface area contributed by atoms with Crippen molar-refractivity contribution in [3.05, 3.63) is 0 Å². The highest BCUT2D eigenvalue weighted by Crippen LogP contribution is 2.26. The molecule has 2 rings (SSSR count). The van der Waals surface area contributed by atoms with Crippen LogP contribution >= 0.6 is 0 Å². The molecule has 0 aromatic rings. The van der Waals surface area contributed by atoms with E-state index in [4.69, 9.17) is 4.74 Å². The summed E-state index contributed by atoms with van der Waals surface area (Å²) in [5, 5.41) is 3.34. The van der Waals surface area contributed by atoms with Gasteiger partial charge in [0.25, 0.3) is 0 Å². The largest absolute Gasteiger partial charge is 0.465 e. The van der Waals surface area contributed by atoms with Gasteiger partial charge in [0.2, 0.25) is 10.0 Å². The molecule has 0 aromatic carbocycles. The van der Waals surface area contributed by atoms with Crippen molar-refractivity contribution >= 4 is 16.0 Å². The van der Waals surface area contributed by atoms with Crippen molar-refractivity contribution in [2.24, 2.45) is 5.92 Å². The van der Waals surface area contributed by atoms with Crippen molar-refractivity contribution in [1.29, 1.82) is 0 Å². The Morgan fingerprint density at radius 2 is 2.22 bits per heavy atom. The van der Waals surface area contributed by atoms with Crippen LogP contribution in [0.3, 0.4) is 0 Å². The minimum absolute atomic E-state index is 0.209. The molecule has 0 aromatic heterocycles. The van der Waals surface area contributed by atoms with E-state index in [9.17, 15) is 13.2 Å². The van der Waals surface area contributed by atoms with Gasteiger partial charge in [0.1, 0.15) is 0 Å². The van der Waals surface area contributed by atoms with Crippen LogP contribution in [0.1, 0.15) is 19.8 Å². The fourth-order valence-electron chi connectivity index (χ4n) is 2.68. The number of sulfonamides is 1. The molecule has 0 amide bonds. The molecular formula is C11H20N2O4S. The molecule has 2 saturated heterocycles. The topological polar surface area (TPSA) is 75.7 Å². The Morgan fingerprint density at radius 1 is 1.44 bits per heavy atom. The first-order valence-corrected chi connectivity index (χ1v) is 8.00. The number of hydrogen-bond donors (Lipinski definition) is 1. The third-order valence-corrected chi connectivity index (χ3v) is 5.25. The van der Waals surface area contributed by atoms with E-state index in [2.05, 4.69) is 5.32 Å². The van der Waals surface area contributed by atoms with Gasteiger partial charge in [0.15, 0.2) is 5.75 Å². The summed E-state index contributed by atoms with van der Waals surface area (Å²) < 4.78 is 30.2. The maximum absolute atomic E-state index is 12.1. The molecule has 2 heterocycles. The van der Waals surface area contributed by atoms with Gasteiger partial charge in [-0.25, -0.2) is 8.42 Å². The van der Waals surface area contributed by atoms with Gasteiger partial charge < -0.3 is 10.1 Å². The number of ether oxygens (including phenoxy) is 1. The number of hydrogen-bond acceptors (Lipinski definition) is 5. The van der Waals surface area contributed by atoms with Crippen LogP contribution in [0.5, 0.6) is 0 Å². The molecule has 6 nitrogen and oxygen atoms in total. The molecule has 2 fully saturated rings. The molecule has 0 bridgehead atoms. The first kappa shape index (κ1) is 13.8. The van der Waals surface area contributed by atoms with E-state index in [0.717, 1.165) is 19.4 Å². The fourth-order valence-corrected chi connectivity index (χ4v) is 4.05. The summed E-state index contributed by atoms with van der Waals surface area (Å²) in [5.74, 6) is -0.823. The highest BCUT2D eigenvalue weighted by atomic mass is 32.2. The van der Waals surface area contributed by atoms with Gasteiger partial charge in [-0.1, -0.05) is 0 Å². The lowest BCUT2D eigenvalue weighted by Crippen LogP contribution is -2.41. The van der Waals surface area contributed by atoms with Crippen molar-refractivity contribution in [3.8, 4) is 0 Å². The number of nitrogens with zero attached hydrogens (tertiary/aromatic N) is 1. The summed E-state index contributed by atoms with van der Waals surface area (Å²) in [6.45, 7) is 3.83.